The Morgan fingerprint density at radius 1 is 1.27 bits per heavy atom. The molecule has 140 valence electrons. The third-order valence-electron chi connectivity index (χ3n) is 5.54. The maximum absolute atomic E-state index is 12.0. The van der Waals surface area contributed by atoms with Crippen LogP contribution >= 0.6 is 11.6 Å². The van der Waals surface area contributed by atoms with Crippen LogP contribution in [0.2, 0.25) is 5.02 Å². The molecule has 0 radical (unpaired) electrons. The number of oxazole rings is 1. The zero-order valence-electron chi connectivity index (χ0n) is 14.6. The van der Waals surface area contributed by atoms with Gasteiger partial charge in [-0.3, -0.25) is 0 Å². The number of nitrogens with one attached hydrogen (secondary N) is 2. The molecule has 1 aromatic carbocycles. The van der Waals surface area contributed by atoms with Crippen molar-refractivity contribution in [2.24, 2.45) is 5.92 Å². The minimum absolute atomic E-state index is 0.105. The minimum Gasteiger partial charge on any atom is -0.440 e. The van der Waals surface area contributed by atoms with Gasteiger partial charge in [-0.1, -0.05) is 11.6 Å². The number of hydrogen-bond donors (Lipinski definition) is 3. The molecule has 0 saturated heterocycles. The van der Waals surface area contributed by atoms with Crippen molar-refractivity contribution >= 4 is 28.7 Å². The lowest BCUT2D eigenvalue weighted by Crippen LogP contribution is -2.46. The zero-order valence-corrected chi connectivity index (χ0v) is 15.3. The van der Waals surface area contributed by atoms with Gasteiger partial charge in [0.05, 0.1) is 6.10 Å². The number of nitrogens with zero attached hydrogens (tertiary/aromatic N) is 1. The maximum Gasteiger partial charge on any atom is 0.315 e. The van der Waals surface area contributed by atoms with Crippen LogP contribution in [0.1, 0.15) is 50.3 Å². The predicted molar refractivity (Wildman–Crippen MR) is 99.3 cm³/mol. The van der Waals surface area contributed by atoms with Gasteiger partial charge in [0.25, 0.3) is 0 Å². The molecule has 0 atom stereocenters. The molecule has 0 bridgehead atoms. The molecule has 6 nitrogen and oxygen atoms in total. The molecule has 26 heavy (non-hydrogen) atoms. The number of benzene rings is 1. The molecule has 4 rings (SSSR count). The monoisotopic (exact) mass is 377 g/mol. The Labute approximate surface area is 157 Å². The first kappa shape index (κ1) is 17.6. The summed E-state index contributed by atoms with van der Waals surface area (Å²) in [5, 5.41) is 15.9. The van der Waals surface area contributed by atoms with Crippen LogP contribution in [-0.4, -0.2) is 34.8 Å². The average Bonchev–Trinajstić information content (AvgIpc) is 3.01. The van der Waals surface area contributed by atoms with Gasteiger partial charge in [-0.2, -0.15) is 0 Å². The number of aromatic nitrogens is 1. The van der Waals surface area contributed by atoms with Crippen molar-refractivity contribution in [1.82, 2.24) is 15.6 Å². The fraction of sp³-hybridized carbons (Fsp3) is 0.579. The number of fused-ring (bicyclic) bond motifs is 1. The lowest BCUT2D eigenvalue weighted by Gasteiger charge is -2.32. The fourth-order valence-electron chi connectivity index (χ4n) is 3.92. The van der Waals surface area contributed by atoms with Crippen molar-refractivity contribution in [3.05, 3.63) is 29.1 Å². The quantitative estimate of drug-likeness (QED) is 0.760. The zero-order chi connectivity index (χ0) is 18.1. The number of urea groups is 1. The third-order valence-corrected chi connectivity index (χ3v) is 5.78. The van der Waals surface area contributed by atoms with Crippen LogP contribution in [0.15, 0.2) is 22.6 Å². The van der Waals surface area contributed by atoms with Crippen LogP contribution < -0.4 is 10.6 Å². The van der Waals surface area contributed by atoms with Crippen molar-refractivity contribution in [3.8, 4) is 0 Å². The molecule has 7 heteroatoms. The molecule has 3 N–H and O–H groups in total. The van der Waals surface area contributed by atoms with Crippen LogP contribution in [0, 0.1) is 5.92 Å². The molecule has 2 aliphatic rings. The molecule has 2 fully saturated rings. The van der Waals surface area contributed by atoms with Crippen LogP contribution in [0.25, 0.3) is 11.1 Å². The van der Waals surface area contributed by atoms with Gasteiger partial charge >= 0.3 is 6.03 Å². The van der Waals surface area contributed by atoms with Gasteiger partial charge in [-0.15, -0.1) is 0 Å². The number of amides is 2. The van der Waals surface area contributed by atoms with E-state index in [1.165, 1.54) is 0 Å². The van der Waals surface area contributed by atoms with Crippen LogP contribution in [-0.2, 0) is 0 Å². The Kier molecular flexibility index (Phi) is 5.05. The molecule has 0 aliphatic heterocycles. The molecule has 2 aliphatic carbocycles. The molecular weight excluding hydrogens is 354 g/mol. The Morgan fingerprint density at radius 3 is 2.77 bits per heavy atom. The molecule has 0 unspecified atom stereocenters. The highest BCUT2D eigenvalue weighted by Crippen LogP contribution is 2.34. The highest BCUT2D eigenvalue weighted by atomic mass is 35.5. The molecule has 1 heterocycles. The van der Waals surface area contributed by atoms with Crippen LogP contribution in [0.3, 0.4) is 0 Å². The molecule has 2 amide bonds. The molecular formula is C19H24ClN3O3. The molecule has 2 aromatic rings. The van der Waals surface area contributed by atoms with Crippen molar-refractivity contribution in [2.45, 2.75) is 56.6 Å². The van der Waals surface area contributed by atoms with Crippen molar-refractivity contribution < 1.29 is 14.3 Å². The van der Waals surface area contributed by atoms with E-state index in [1.54, 1.807) is 0 Å². The van der Waals surface area contributed by atoms with E-state index in [0.29, 0.717) is 23.4 Å². The van der Waals surface area contributed by atoms with E-state index in [0.717, 1.165) is 55.5 Å². The minimum atomic E-state index is -0.178. The Morgan fingerprint density at radius 2 is 2.04 bits per heavy atom. The van der Waals surface area contributed by atoms with E-state index in [9.17, 15) is 9.90 Å². The Bertz CT molecular complexity index is 779. The summed E-state index contributed by atoms with van der Waals surface area (Å²) in [5.41, 5.74) is 1.57. The van der Waals surface area contributed by atoms with Crippen LogP contribution in [0.4, 0.5) is 4.79 Å². The summed E-state index contributed by atoms with van der Waals surface area (Å²) in [7, 11) is 0. The summed E-state index contributed by atoms with van der Waals surface area (Å²) in [4.78, 5) is 16.6. The van der Waals surface area contributed by atoms with E-state index in [-0.39, 0.29) is 18.2 Å². The predicted octanol–water partition coefficient (Wildman–Crippen LogP) is 3.58. The second kappa shape index (κ2) is 7.45. The van der Waals surface area contributed by atoms with E-state index < -0.39 is 0 Å². The van der Waals surface area contributed by atoms with Crippen LogP contribution in [0.5, 0.6) is 0 Å². The van der Waals surface area contributed by atoms with Gasteiger partial charge in [0.1, 0.15) is 5.52 Å². The Balaban J connectivity index is 1.24. The first-order chi connectivity index (χ1) is 12.6. The highest BCUT2D eigenvalue weighted by Gasteiger charge is 2.29. The smallest absolute Gasteiger partial charge is 0.315 e. The lowest BCUT2D eigenvalue weighted by atomic mass is 9.82. The summed E-state index contributed by atoms with van der Waals surface area (Å²) >= 11 is 6.01. The summed E-state index contributed by atoms with van der Waals surface area (Å²) in [5.74, 6) is 1.48. The summed E-state index contributed by atoms with van der Waals surface area (Å²) in [6.45, 7) is 0.643. The van der Waals surface area contributed by atoms with Crippen molar-refractivity contribution in [3.63, 3.8) is 0 Å². The molecule has 2 saturated carbocycles. The number of carbonyl (C=O) groups excluding carboxylic acids is 1. The average molecular weight is 378 g/mol. The summed E-state index contributed by atoms with van der Waals surface area (Å²) in [6.07, 6.45) is 5.13. The first-order valence-electron chi connectivity index (χ1n) is 9.35. The third kappa shape index (κ3) is 3.96. The second-order valence-electron chi connectivity index (χ2n) is 7.56. The maximum atomic E-state index is 12.0. The van der Waals surface area contributed by atoms with Gasteiger partial charge in [0, 0.05) is 23.5 Å². The molecule has 1 aromatic heterocycles. The van der Waals surface area contributed by atoms with Crippen molar-refractivity contribution in [2.75, 3.05) is 6.54 Å². The lowest BCUT2D eigenvalue weighted by molar-refractivity contribution is 0.0440. The van der Waals surface area contributed by atoms with Crippen molar-refractivity contribution in [1.29, 1.82) is 0 Å². The van der Waals surface area contributed by atoms with Gasteiger partial charge < -0.3 is 20.2 Å². The van der Waals surface area contributed by atoms with Gasteiger partial charge in [-0.05, 0) is 62.6 Å². The first-order valence-corrected chi connectivity index (χ1v) is 9.73. The number of aliphatic hydroxyl groups is 1. The van der Waals surface area contributed by atoms with E-state index in [2.05, 4.69) is 15.6 Å². The fourth-order valence-corrected chi connectivity index (χ4v) is 4.08. The Hall–Kier alpha value is -1.79. The second-order valence-corrected chi connectivity index (χ2v) is 7.99. The number of halogens is 1. The number of aliphatic hydroxyl groups excluding tert-OH is 1. The standard InChI is InChI=1S/C19H24ClN3O3/c20-13-3-6-17-16(9-13)23-18(26-17)12-1-4-14(5-2-12)22-19(25)21-10-11-7-15(24)8-11/h3,6,9,11-12,14-15,24H,1-2,4-5,7-8,10H2,(H2,21,22,25). The largest absolute Gasteiger partial charge is 0.440 e. The number of carbonyl (C=O) groups is 1. The van der Waals surface area contributed by atoms with Gasteiger partial charge in [-0.25, -0.2) is 9.78 Å². The highest BCUT2D eigenvalue weighted by molar-refractivity contribution is 6.31. The van der Waals surface area contributed by atoms with E-state index in [1.807, 2.05) is 18.2 Å². The summed E-state index contributed by atoms with van der Waals surface area (Å²) < 4.78 is 5.88. The normalized spacial score (nSPS) is 28.5. The van der Waals surface area contributed by atoms with E-state index in [4.69, 9.17) is 16.0 Å². The van der Waals surface area contributed by atoms with E-state index >= 15 is 0 Å². The number of rotatable bonds is 4. The molecule has 0 spiro atoms. The van der Waals surface area contributed by atoms with Gasteiger partial charge in [0.15, 0.2) is 11.5 Å². The SMILES string of the molecule is O=C(NCC1CC(O)C1)NC1CCC(c2nc3cc(Cl)ccc3o2)CC1. The number of hydrogen-bond acceptors (Lipinski definition) is 4. The summed E-state index contributed by atoms with van der Waals surface area (Å²) in [6, 6.07) is 5.57. The topological polar surface area (TPSA) is 87.4 Å². The van der Waals surface area contributed by atoms with Gasteiger partial charge in [0.2, 0.25) is 0 Å².